The Balaban J connectivity index is 1.82. The summed E-state index contributed by atoms with van der Waals surface area (Å²) in [7, 11) is 3.23. The number of aromatic hydroxyl groups is 1. The lowest BCUT2D eigenvalue weighted by Crippen LogP contribution is -2.73. The molecule has 2 aromatic rings. The molecule has 0 bridgehead atoms. The number of halogens is 1. The number of Topliss-reactive ketones (excluding diaryl/α,β-unsaturated/α-hetero) is 2. The van der Waals surface area contributed by atoms with Crippen LogP contribution in [0.1, 0.15) is 30.9 Å². The van der Waals surface area contributed by atoms with Crippen LogP contribution in [0.15, 0.2) is 58.1 Å². The van der Waals surface area contributed by atoms with Crippen molar-refractivity contribution in [3.8, 4) is 16.9 Å². The van der Waals surface area contributed by atoms with Gasteiger partial charge in [-0.05, 0) is 31.1 Å². The minimum Gasteiger partial charge on any atom is -0.507 e. The highest BCUT2D eigenvalue weighted by molar-refractivity contribution is 9.11. The van der Waals surface area contributed by atoms with Gasteiger partial charge in [-0.1, -0.05) is 72.2 Å². The number of fused-ring (bicyclic) bond motifs is 3. The highest BCUT2D eigenvalue weighted by atomic mass is 79.9. The van der Waals surface area contributed by atoms with Crippen molar-refractivity contribution >= 4 is 39.2 Å². The summed E-state index contributed by atoms with van der Waals surface area (Å²) in [5.41, 5.74) is 1.69. The molecule has 0 aromatic heterocycles. The zero-order valence-corrected chi connectivity index (χ0v) is 23.4. The van der Waals surface area contributed by atoms with Gasteiger partial charge in [-0.15, -0.1) is 0 Å². The number of nitrogens with two attached hydrogens (primary N) is 1. The normalized spacial score (nSPS) is 32.2. The van der Waals surface area contributed by atoms with Crippen molar-refractivity contribution in [2.24, 2.45) is 17.1 Å². The Kier molecular flexibility index (Phi) is 6.19. The topological polar surface area (TPSA) is 161 Å². The lowest BCUT2D eigenvalue weighted by molar-refractivity contribution is -0.180. The minimum absolute atomic E-state index is 0.0156. The highest BCUT2D eigenvalue weighted by Crippen LogP contribution is 2.62. The summed E-state index contributed by atoms with van der Waals surface area (Å²) in [6.07, 6.45) is -1.55. The molecule has 39 heavy (non-hydrogen) atoms. The van der Waals surface area contributed by atoms with Crippen molar-refractivity contribution < 1.29 is 34.8 Å². The fraction of sp³-hybridized carbons (Fsp3) is 0.345. The van der Waals surface area contributed by atoms with E-state index in [1.807, 2.05) is 6.07 Å². The number of primary amides is 1. The van der Waals surface area contributed by atoms with E-state index >= 15 is 0 Å². The third kappa shape index (κ3) is 3.32. The van der Waals surface area contributed by atoms with E-state index in [4.69, 9.17) is 5.73 Å². The van der Waals surface area contributed by atoms with Crippen LogP contribution >= 0.6 is 15.9 Å². The molecule has 0 saturated heterocycles. The average molecular weight is 597 g/mol. The maximum atomic E-state index is 14.3. The maximum absolute atomic E-state index is 14.3. The molecule has 6 N–H and O–H groups in total. The molecule has 9 nitrogen and oxygen atoms in total. The number of ketones is 2. The summed E-state index contributed by atoms with van der Waals surface area (Å²) in [5, 5.41) is 46.8. The first-order valence-electron chi connectivity index (χ1n) is 12.4. The van der Waals surface area contributed by atoms with Crippen molar-refractivity contribution in [2.45, 2.75) is 37.5 Å². The molecule has 1 fully saturated rings. The molecule has 3 aliphatic rings. The number of amides is 1. The lowest BCUT2D eigenvalue weighted by Gasteiger charge is -2.58. The van der Waals surface area contributed by atoms with Gasteiger partial charge < -0.3 is 31.1 Å². The van der Waals surface area contributed by atoms with Crippen molar-refractivity contribution in [1.82, 2.24) is 4.90 Å². The van der Waals surface area contributed by atoms with Crippen LogP contribution in [0.4, 0.5) is 0 Å². The van der Waals surface area contributed by atoms with E-state index in [2.05, 4.69) is 15.9 Å². The van der Waals surface area contributed by atoms with Gasteiger partial charge in [-0.25, -0.2) is 0 Å². The summed E-state index contributed by atoms with van der Waals surface area (Å²) < 4.78 is 0.0563. The quantitative estimate of drug-likeness (QED) is 0.266. The van der Waals surface area contributed by atoms with Crippen LogP contribution in [0, 0.1) is 11.3 Å². The molecule has 1 saturated carbocycles. The summed E-state index contributed by atoms with van der Waals surface area (Å²) in [6.45, 7) is 3.34. The Hall–Kier alpha value is -3.31. The van der Waals surface area contributed by atoms with E-state index in [1.54, 1.807) is 69.2 Å². The Bertz CT molecular complexity index is 1510. The van der Waals surface area contributed by atoms with Crippen LogP contribution < -0.4 is 5.73 Å². The average Bonchev–Trinajstić information content (AvgIpc) is 2.88. The smallest absolute Gasteiger partial charge is 0.253 e. The first-order valence-corrected chi connectivity index (χ1v) is 13.2. The molecular weight excluding hydrogens is 568 g/mol. The minimum atomic E-state index is -2.90. The highest BCUT2D eigenvalue weighted by Gasteiger charge is 2.71. The number of aliphatic hydroxyl groups excluding tert-OH is 2. The second-order valence-electron chi connectivity index (χ2n) is 10.9. The van der Waals surface area contributed by atoms with Gasteiger partial charge in [0.05, 0.1) is 28.9 Å². The van der Waals surface area contributed by atoms with Gasteiger partial charge in [-0.3, -0.25) is 14.4 Å². The van der Waals surface area contributed by atoms with E-state index in [0.717, 1.165) is 0 Å². The number of phenolic OH excluding ortho intramolecular Hbond substituents is 1. The number of hydrogen-bond acceptors (Lipinski definition) is 8. The SMILES string of the molecule is C[C@@H]1c2ccc(-c3ccccc3)c(O)c2C(O)=C2C(=O)[C@@]3(O)C(=O)C(C(N)=O)=C(Br)[C@H](N(C)C)[C@H]3[C@H](O)[C@]21C. The van der Waals surface area contributed by atoms with Crippen LogP contribution in [0.2, 0.25) is 0 Å². The molecule has 3 aliphatic carbocycles. The monoisotopic (exact) mass is 596 g/mol. The van der Waals surface area contributed by atoms with Crippen LogP contribution in [0.25, 0.3) is 16.9 Å². The second kappa shape index (κ2) is 8.85. The van der Waals surface area contributed by atoms with Crippen molar-refractivity contribution in [2.75, 3.05) is 14.1 Å². The predicted octanol–water partition coefficient (Wildman–Crippen LogP) is 2.39. The Labute approximate surface area is 233 Å². The number of rotatable bonds is 3. The lowest BCUT2D eigenvalue weighted by atomic mass is 9.48. The van der Waals surface area contributed by atoms with E-state index in [-0.39, 0.29) is 21.4 Å². The number of aliphatic hydroxyl groups is 3. The molecule has 0 aliphatic heterocycles. The fourth-order valence-corrected chi connectivity index (χ4v) is 7.79. The van der Waals surface area contributed by atoms with Gasteiger partial charge in [-0.2, -0.15) is 0 Å². The number of hydrogen-bond donors (Lipinski definition) is 5. The van der Waals surface area contributed by atoms with Crippen molar-refractivity contribution in [3.63, 3.8) is 0 Å². The molecule has 0 spiro atoms. The molecule has 5 rings (SSSR count). The predicted molar refractivity (Wildman–Crippen MR) is 147 cm³/mol. The molecule has 0 radical (unpaired) electrons. The zero-order valence-electron chi connectivity index (χ0n) is 21.8. The Morgan fingerprint density at radius 2 is 1.67 bits per heavy atom. The maximum Gasteiger partial charge on any atom is 0.253 e. The standard InChI is InChI=1S/C29H29BrN2O7/c1-12-14-10-11-15(13-8-6-5-7-9-13)22(33)16(14)23(34)19-26(37)29(39)18(25(36)28(12,19)2)21(32(3)4)20(30)17(24(29)35)27(31)38/h5-12,18,21,25,33-34,36,39H,1-4H3,(H2,31,38)/t12-,18+,21-,25+,28+,29+/m1/s1. The largest absolute Gasteiger partial charge is 0.507 e. The van der Waals surface area contributed by atoms with Gasteiger partial charge in [0.25, 0.3) is 5.91 Å². The van der Waals surface area contributed by atoms with Gasteiger partial charge in [0.2, 0.25) is 11.6 Å². The van der Waals surface area contributed by atoms with E-state index in [9.17, 15) is 34.8 Å². The number of likely N-dealkylation sites (N-methyl/N-ethyl adjacent to an activating group) is 1. The fourth-order valence-electron chi connectivity index (χ4n) is 6.72. The van der Waals surface area contributed by atoms with Gasteiger partial charge >= 0.3 is 0 Å². The first kappa shape index (κ1) is 27.3. The summed E-state index contributed by atoms with van der Waals surface area (Å²) >= 11 is 3.28. The van der Waals surface area contributed by atoms with Crippen molar-refractivity contribution in [1.29, 1.82) is 0 Å². The van der Waals surface area contributed by atoms with E-state index in [0.29, 0.717) is 16.7 Å². The van der Waals surface area contributed by atoms with Crippen LogP contribution in [0.5, 0.6) is 5.75 Å². The number of nitrogens with zero attached hydrogens (tertiary/aromatic N) is 1. The molecule has 6 atom stereocenters. The van der Waals surface area contributed by atoms with Crippen LogP contribution in [-0.2, 0) is 14.4 Å². The van der Waals surface area contributed by atoms with Crippen LogP contribution in [-0.4, -0.2) is 74.6 Å². The third-order valence-corrected chi connectivity index (χ3v) is 9.76. The number of carbonyl (C=O) groups excluding carboxylic acids is 3. The molecule has 2 aromatic carbocycles. The molecular formula is C29H29BrN2O7. The van der Waals surface area contributed by atoms with Crippen LogP contribution in [0.3, 0.4) is 0 Å². The van der Waals surface area contributed by atoms with E-state index < -0.39 is 63.8 Å². The van der Waals surface area contributed by atoms with Gasteiger partial charge in [0.15, 0.2) is 5.60 Å². The number of benzene rings is 2. The van der Waals surface area contributed by atoms with Gasteiger partial charge in [0, 0.05) is 21.4 Å². The third-order valence-electron chi connectivity index (χ3n) is 8.90. The summed E-state index contributed by atoms with van der Waals surface area (Å²) in [4.78, 5) is 41.8. The molecule has 1 amide bonds. The molecule has 0 unspecified atom stereocenters. The Morgan fingerprint density at radius 1 is 1.05 bits per heavy atom. The summed E-state index contributed by atoms with van der Waals surface area (Å²) in [5.74, 6) is -6.51. The number of carbonyl (C=O) groups is 3. The molecule has 204 valence electrons. The van der Waals surface area contributed by atoms with Gasteiger partial charge in [0.1, 0.15) is 11.5 Å². The second-order valence-corrected chi connectivity index (χ2v) is 11.8. The summed E-state index contributed by atoms with van der Waals surface area (Å²) in [6, 6.07) is 11.4. The zero-order chi connectivity index (χ0) is 28.8. The Morgan fingerprint density at radius 3 is 2.23 bits per heavy atom. The first-order chi connectivity index (χ1) is 18.2. The molecule has 10 heteroatoms. The molecule has 0 heterocycles. The van der Waals surface area contributed by atoms with Crippen molar-refractivity contribution in [3.05, 3.63) is 69.2 Å². The number of phenols is 1. The van der Waals surface area contributed by atoms with E-state index in [1.165, 1.54) is 0 Å².